The van der Waals surface area contributed by atoms with E-state index >= 15 is 0 Å². The highest BCUT2D eigenvalue weighted by atomic mass is 16.6. The highest BCUT2D eigenvalue weighted by Crippen LogP contribution is 2.35. The molecule has 0 bridgehead atoms. The Balaban J connectivity index is 1.06. The van der Waals surface area contributed by atoms with Gasteiger partial charge in [0, 0.05) is 0 Å². The summed E-state index contributed by atoms with van der Waals surface area (Å²) in [4.78, 5) is 12.5. The van der Waals surface area contributed by atoms with E-state index < -0.39 is 0 Å². The van der Waals surface area contributed by atoms with E-state index in [9.17, 15) is 4.79 Å². The number of hydrogen-bond donors (Lipinski definition) is 0. The van der Waals surface area contributed by atoms with Gasteiger partial charge in [-0.2, -0.15) is 0 Å². The number of benzene rings is 2. The van der Waals surface area contributed by atoms with Crippen molar-refractivity contribution in [2.45, 2.75) is 49.9 Å². The first-order valence-corrected chi connectivity index (χ1v) is 11.1. The molecule has 3 aliphatic rings. The van der Waals surface area contributed by atoms with Crippen LogP contribution >= 0.6 is 0 Å². The van der Waals surface area contributed by atoms with Gasteiger partial charge in [-0.3, -0.25) is 0 Å². The zero-order valence-corrected chi connectivity index (χ0v) is 17.5. The average molecular weight is 424 g/mol. The number of carbonyl (C=O) groups excluding carboxylic acids is 1. The van der Waals surface area contributed by atoms with Gasteiger partial charge in [-0.15, -0.1) is 0 Å². The normalized spacial score (nSPS) is 26.7. The van der Waals surface area contributed by atoms with Gasteiger partial charge in [-0.1, -0.05) is 12.1 Å². The molecule has 164 valence electrons. The first kappa shape index (κ1) is 20.3. The van der Waals surface area contributed by atoms with Crippen molar-refractivity contribution in [2.75, 3.05) is 26.4 Å². The molecule has 0 aromatic heterocycles. The Morgan fingerprint density at radius 1 is 0.774 bits per heavy atom. The molecule has 1 aliphatic carbocycles. The smallest absolute Gasteiger partial charge is 0.338 e. The van der Waals surface area contributed by atoms with Crippen LogP contribution in [0.5, 0.6) is 11.5 Å². The molecule has 1 saturated carbocycles. The first-order valence-electron chi connectivity index (χ1n) is 11.1. The number of rotatable bonds is 9. The Hall–Kier alpha value is -2.57. The molecule has 2 heterocycles. The molecule has 2 unspecified atom stereocenters. The van der Waals surface area contributed by atoms with Crippen LogP contribution in [0.25, 0.3) is 0 Å². The lowest BCUT2D eigenvalue weighted by Crippen LogP contribution is -2.24. The molecule has 0 spiro atoms. The summed E-state index contributed by atoms with van der Waals surface area (Å²) in [6.07, 6.45) is 4.27. The summed E-state index contributed by atoms with van der Waals surface area (Å²) in [5.41, 5.74) is 1.89. The highest BCUT2D eigenvalue weighted by Gasteiger charge is 2.26. The summed E-state index contributed by atoms with van der Waals surface area (Å²) in [5.74, 6) is 1.87. The molecule has 6 heteroatoms. The van der Waals surface area contributed by atoms with Gasteiger partial charge in [0.1, 0.15) is 43.0 Å². The van der Waals surface area contributed by atoms with E-state index in [1.54, 1.807) is 24.3 Å². The standard InChI is InChI=1S/C25H28O6/c26-25(19-5-9-21(10-6-19)28-14-24-16-30-24)31-22-11-3-18(4-12-22)17-1-7-20(8-2-17)27-13-23-15-29-23/h1-2,5-10,18,22-24H,3-4,11-16H2/t18-,22-,23?,24?. The maximum atomic E-state index is 12.5. The van der Waals surface area contributed by atoms with E-state index in [2.05, 4.69) is 12.1 Å². The van der Waals surface area contributed by atoms with E-state index in [0.29, 0.717) is 24.7 Å². The zero-order chi connectivity index (χ0) is 21.0. The molecule has 0 N–H and O–H groups in total. The summed E-state index contributed by atoms with van der Waals surface area (Å²) in [5, 5.41) is 0. The topological polar surface area (TPSA) is 69.8 Å². The Morgan fingerprint density at radius 3 is 1.81 bits per heavy atom. The fourth-order valence-corrected chi connectivity index (χ4v) is 3.96. The summed E-state index contributed by atoms with van der Waals surface area (Å²) >= 11 is 0. The van der Waals surface area contributed by atoms with Gasteiger partial charge in [-0.05, 0) is 73.6 Å². The van der Waals surface area contributed by atoms with Crippen LogP contribution in [0.3, 0.4) is 0 Å². The molecule has 0 radical (unpaired) electrons. The number of epoxide rings is 2. The van der Waals surface area contributed by atoms with Gasteiger partial charge in [0.15, 0.2) is 0 Å². The number of hydrogen-bond acceptors (Lipinski definition) is 6. The van der Waals surface area contributed by atoms with Gasteiger partial charge in [-0.25, -0.2) is 4.79 Å². The van der Waals surface area contributed by atoms with Gasteiger partial charge in [0.05, 0.1) is 18.8 Å². The third-order valence-corrected chi connectivity index (χ3v) is 6.07. The molecular formula is C25H28O6. The quantitative estimate of drug-likeness (QED) is 0.445. The van der Waals surface area contributed by atoms with Crippen molar-refractivity contribution in [2.24, 2.45) is 0 Å². The molecule has 2 atom stereocenters. The van der Waals surface area contributed by atoms with E-state index in [1.165, 1.54) is 5.56 Å². The molecule has 2 aromatic carbocycles. The number of carbonyl (C=O) groups is 1. The second-order valence-electron chi connectivity index (χ2n) is 8.51. The molecule has 5 rings (SSSR count). The van der Waals surface area contributed by atoms with Crippen LogP contribution in [0, 0.1) is 0 Å². The zero-order valence-electron chi connectivity index (χ0n) is 17.5. The molecular weight excluding hydrogens is 396 g/mol. The lowest BCUT2D eigenvalue weighted by molar-refractivity contribution is 0.0195. The largest absolute Gasteiger partial charge is 0.491 e. The van der Waals surface area contributed by atoms with Crippen molar-refractivity contribution < 1.29 is 28.5 Å². The van der Waals surface area contributed by atoms with Gasteiger partial charge in [0.2, 0.25) is 0 Å². The summed E-state index contributed by atoms with van der Waals surface area (Å²) in [6.45, 7) is 2.75. The minimum Gasteiger partial charge on any atom is -0.491 e. The summed E-state index contributed by atoms with van der Waals surface area (Å²) < 4.78 is 27.4. The molecule has 2 aromatic rings. The fourth-order valence-electron chi connectivity index (χ4n) is 3.96. The van der Waals surface area contributed by atoms with Crippen molar-refractivity contribution in [1.29, 1.82) is 0 Å². The van der Waals surface area contributed by atoms with Gasteiger partial charge in [0.25, 0.3) is 0 Å². The van der Waals surface area contributed by atoms with E-state index in [-0.39, 0.29) is 24.3 Å². The second kappa shape index (κ2) is 9.28. The van der Waals surface area contributed by atoms with Crippen molar-refractivity contribution in [3.8, 4) is 11.5 Å². The van der Waals surface area contributed by atoms with Crippen LogP contribution in [0.4, 0.5) is 0 Å². The van der Waals surface area contributed by atoms with E-state index in [0.717, 1.165) is 50.4 Å². The van der Waals surface area contributed by atoms with Crippen LogP contribution in [-0.4, -0.2) is 50.7 Å². The summed E-state index contributed by atoms with van der Waals surface area (Å²) in [7, 11) is 0. The Labute approximate surface area is 182 Å². The molecule has 6 nitrogen and oxygen atoms in total. The van der Waals surface area contributed by atoms with Crippen LogP contribution in [0.15, 0.2) is 48.5 Å². The van der Waals surface area contributed by atoms with E-state index in [4.69, 9.17) is 23.7 Å². The molecule has 0 amide bonds. The second-order valence-corrected chi connectivity index (χ2v) is 8.51. The van der Waals surface area contributed by atoms with Crippen molar-refractivity contribution in [3.63, 3.8) is 0 Å². The Kier molecular flexibility index (Phi) is 6.09. The van der Waals surface area contributed by atoms with Crippen LogP contribution < -0.4 is 9.47 Å². The maximum absolute atomic E-state index is 12.5. The molecule has 3 fully saturated rings. The van der Waals surface area contributed by atoms with Crippen molar-refractivity contribution in [3.05, 3.63) is 59.7 Å². The monoisotopic (exact) mass is 424 g/mol. The minimum atomic E-state index is -0.262. The van der Waals surface area contributed by atoms with Crippen LogP contribution in [-0.2, 0) is 14.2 Å². The third kappa shape index (κ3) is 5.77. The first-order chi connectivity index (χ1) is 15.2. The summed E-state index contributed by atoms with van der Waals surface area (Å²) in [6, 6.07) is 15.5. The third-order valence-electron chi connectivity index (χ3n) is 6.07. The number of esters is 1. The SMILES string of the molecule is O=C(O[C@H]1CC[C@H](c2ccc(OCC3CO3)cc2)CC1)c1ccc(OCC2CO2)cc1. The van der Waals surface area contributed by atoms with E-state index in [1.807, 2.05) is 12.1 Å². The van der Waals surface area contributed by atoms with Gasteiger partial charge < -0.3 is 23.7 Å². The molecule has 2 aliphatic heterocycles. The molecule has 2 saturated heterocycles. The Morgan fingerprint density at radius 2 is 1.29 bits per heavy atom. The van der Waals surface area contributed by atoms with Crippen LogP contribution in [0.1, 0.15) is 47.5 Å². The van der Waals surface area contributed by atoms with Crippen LogP contribution in [0.2, 0.25) is 0 Å². The highest BCUT2D eigenvalue weighted by molar-refractivity contribution is 5.89. The number of ether oxygens (including phenoxy) is 5. The van der Waals surface area contributed by atoms with Gasteiger partial charge >= 0.3 is 5.97 Å². The van der Waals surface area contributed by atoms with Crippen molar-refractivity contribution in [1.82, 2.24) is 0 Å². The minimum absolute atomic E-state index is 0.0205. The predicted octanol–water partition coefficient (Wildman–Crippen LogP) is 4.13. The Bertz CT molecular complexity index is 862. The molecule has 31 heavy (non-hydrogen) atoms. The average Bonchev–Trinajstić information content (AvgIpc) is 3.73. The lowest BCUT2D eigenvalue weighted by Gasteiger charge is -2.28. The predicted molar refractivity (Wildman–Crippen MR) is 114 cm³/mol. The fraction of sp³-hybridized carbons (Fsp3) is 0.480. The lowest BCUT2D eigenvalue weighted by atomic mass is 9.83. The maximum Gasteiger partial charge on any atom is 0.338 e. The van der Waals surface area contributed by atoms with Crippen molar-refractivity contribution >= 4 is 5.97 Å².